The summed E-state index contributed by atoms with van der Waals surface area (Å²) in [4.78, 5) is 36.5. The van der Waals surface area contributed by atoms with Crippen molar-refractivity contribution in [2.24, 2.45) is 13.0 Å². The Morgan fingerprint density at radius 2 is 1.72 bits per heavy atom. The highest BCUT2D eigenvalue weighted by Gasteiger charge is 2.67. The first-order valence-electron chi connectivity index (χ1n) is 17.8. The van der Waals surface area contributed by atoms with Gasteiger partial charge in [0.05, 0.1) is 45.3 Å². The van der Waals surface area contributed by atoms with Gasteiger partial charge in [0, 0.05) is 37.1 Å². The van der Waals surface area contributed by atoms with Gasteiger partial charge in [-0.25, -0.2) is 35.9 Å². The number of amides is 1. The van der Waals surface area contributed by atoms with Gasteiger partial charge in [-0.2, -0.15) is 32.1 Å². The summed E-state index contributed by atoms with van der Waals surface area (Å²) >= 11 is 6.51. The predicted molar refractivity (Wildman–Crippen MR) is 199 cm³/mol. The lowest BCUT2D eigenvalue weighted by Crippen LogP contribution is -2.38. The molecule has 1 amide bonds. The Morgan fingerprint density at radius 1 is 1.02 bits per heavy atom. The molecule has 2 aromatic carbocycles. The highest BCUT2D eigenvalue weighted by atomic mass is 35.5. The summed E-state index contributed by atoms with van der Waals surface area (Å²) in [7, 11) is -2.64. The molecule has 6 aromatic rings. The summed E-state index contributed by atoms with van der Waals surface area (Å²) in [5.74, 6) is -10.00. The number of rotatable bonds is 11. The monoisotopic (exact) mass is 899 g/mol. The molecule has 2 aliphatic carbocycles. The molecular weight excluding hydrogens is 873 g/mol. The van der Waals surface area contributed by atoms with E-state index in [1.807, 2.05) is 0 Å². The minimum atomic E-state index is -4.95. The van der Waals surface area contributed by atoms with E-state index in [4.69, 9.17) is 11.6 Å². The number of halogens is 10. The van der Waals surface area contributed by atoms with Gasteiger partial charge in [-0.05, 0) is 54.3 Å². The van der Waals surface area contributed by atoms with E-state index in [0.29, 0.717) is 16.8 Å². The number of anilines is 1. The molecule has 320 valence electrons. The Morgan fingerprint density at radius 3 is 2.38 bits per heavy atom. The second-order valence-corrected chi connectivity index (χ2v) is 16.7. The Labute approximate surface area is 342 Å². The molecule has 0 aliphatic heterocycles. The number of hydrogen-bond acceptors (Lipinski definition) is 8. The standard InChI is InChI=1S/C37H27ClF9N9O4S/c1-54-31-24(7-6-20(38)29(31)34(52-54)53-61(2,59)60)56-27(58)13-22(21-4-3-5-25(48-21)37(45,46)47)50-35(56)23(10-15-8-16(39)11-17(40)9-15)49-26(57)14-55-32-28(30(51-55)33(41)42)18-12-19(18)36(32,43)44/h3-9,11,13,18-19,23,33H,10,12,14H2,1-2H3,(H,49,57)(H,52,53)/t18-,19+,23-/m0/s1. The van der Waals surface area contributed by atoms with E-state index in [9.17, 15) is 48.7 Å². The van der Waals surface area contributed by atoms with Crippen LogP contribution in [-0.2, 0) is 46.9 Å². The molecule has 3 atom stereocenters. The first-order valence-corrected chi connectivity index (χ1v) is 20.1. The van der Waals surface area contributed by atoms with Gasteiger partial charge >= 0.3 is 6.18 Å². The Bertz CT molecular complexity index is 2950. The number of nitrogens with one attached hydrogen (secondary N) is 2. The van der Waals surface area contributed by atoms with E-state index in [1.165, 1.54) is 19.2 Å². The topological polar surface area (TPSA) is 159 Å². The number of benzene rings is 2. The van der Waals surface area contributed by atoms with Crippen molar-refractivity contribution in [3.63, 3.8) is 0 Å². The van der Waals surface area contributed by atoms with Crippen molar-refractivity contribution in [2.75, 3.05) is 11.0 Å². The average Bonchev–Trinajstić information content (AvgIpc) is 3.69. The molecule has 13 nitrogen and oxygen atoms in total. The highest BCUT2D eigenvalue weighted by Crippen LogP contribution is 2.68. The van der Waals surface area contributed by atoms with Crippen LogP contribution in [0.4, 0.5) is 45.3 Å². The quantitative estimate of drug-likeness (QED) is 0.132. The van der Waals surface area contributed by atoms with Crippen LogP contribution in [0.5, 0.6) is 0 Å². The van der Waals surface area contributed by atoms with Crippen LogP contribution in [0.15, 0.2) is 59.4 Å². The van der Waals surface area contributed by atoms with Gasteiger partial charge in [0.25, 0.3) is 17.9 Å². The Kier molecular flexibility index (Phi) is 9.99. The van der Waals surface area contributed by atoms with Gasteiger partial charge < -0.3 is 5.32 Å². The summed E-state index contributed by atoms with van der Waals surface area (Å²) in [6.07, 6.45) is -8.10. The molecule has 0 radical (unpaired) electrons. The molecule has 0 unspecified atom stereocenters. The molecule has 0 saturated heterocycles. The number of nitrogens with zero attached hydrogens (tertiary/aromatic N) is 7. The SMILES string of the molecule is Cn1nc(NS(C)(=O)=O)c2c(Cl)ccc(-n3c([C@H](Cc4cc(F)cc(F)c4)NC(=O)Cn4nc(C(F)F)c5c4C(F)(F)[C@@H]4C[C@H]54)nc(-c4cccc(C(F)(F)F)n4)cc3=O)c21. The van der Waals surface area contributed by atoms with Crippen molar-refractivity contribution in [2.45, 2.75) is 49.9 Å². The number of pyridine rings is 1. The van der Waals surface area contributed by atoms with Crippen LogP contribution in [-0.4, -0.2) is 54.7 Å². The first kappa shape index (κ1) is 41.8. The molecule has 2 N–H and O–H groups in total. The number of alkyl halides is 7. The summed E-state index contributed by atoms with van der Waals surface area (Å²) in [5.41, 5.74) is -5.97. The fourth-order valence-electron chi connectivity index (χ4n) is 7.75. The van der Waals surface area contributed by atoms with Gasteiger partial charge in [-0.1, -0.05) is 17.7 Å². The van der Waals surface area contributed by atoms with Gasteiger partial charge in [0.15, 0.2) is 5.82 Å². The van der Waals surface area contributed by atoms with Gasteiger partial charge in [0.1, 0.15) is 41.1 Å². The molecule has 0 spiro atoms. The smallest absolute Gasteiger partial charge is 0.344 e. The van der Waals surface area contributed by atoms with Crippen molar-refractivity contribution in [3.8, 4) is 17.1 Å². The van der Waals surface area contributed by atoms with E-state index in [2.05, 4.69) is 30.2 Å². The van der Waals surface area contributed by atoms with Gasteiger partial charge in [-0.15, -0.1) is 0 Å². The fraction of sp³-hybridized carbons (Fsp3) is 0.297. The molecular formula is C37H27ClF9N9O4S. The van der Waals surface area contributed by atoms with Crippen LogP contribution in [0, 0.1) is 17.6 Å². The van der Waals surface area contributed by atoms with Crippen LogP contribution in [0.25, 0.3) is 28.0 Å². The van der Waals surface area contributed by atoms with E-state index >= 15 is 8.78 Å². The number of hydrogen-bond donors (Lipinski definition) is 2. The van der Waals surface area contributed by atoms with Crippen molar-refractivity contribution >= 4 is 44.3 Å². The number of fused-ring (bicyclic) bond motifs is 4. The Hall–Kier alpha value is -5.97. The minimum Gasteiger partial charge on any atom is -0.344 e. The van der Waals surface area contributed by atoms with Crippen molar-refractivity contribution in [1.29, 1.82) is 0 Å². The third-order valence-corrected chi connectivity index (χ3v) is 11.0. The van der Waals surface area contributed by atoms with E-state index in [-0.39, 0.29) is 45.0 Å². The summed E-state index contributed by atoms with van der Waals surface area (Å²) in [5, 5.41) is 10.2. The number of carbonyl (C=O) groups excluding carboxylic acids is 1. The van der Waals surface area contributed by atoms with Crippen LogP contribution < -0.4 is 15.6 Å². The molecule has 0 bridgehead atoms. The van der Waals surface area contributed by atoms with Crippen LogP contribution in [0.2, 0.25) is 5.02 Å². The van der Waals surface area contributed by atoms with E-state index in [0.717, 1.165) is 45.8 Å². The summed E-state index contributed by atoms with van der Waals surface area (Å²) < 4.78 is 159. The molecule has 2 aliphatic rings. The zero-order valence-corrected chi connectivity index (χ0v) is 32.7. The van der Waals surface area contributed by atoms with Crippen molar-refractivity contribution < 1.29 is 52.7 Å². The molecule has 4 heterocycles. The summed E-state index contributed by atoms with van der Waals surface area (Å²) in [6.45, 7) is -1.11. The van der Waals surface area contributed by atoms with Crippen LogP contribution in [0.3, 0.4) is 0 Å². The molecule has 8 rings (SSSR count). The second kappa shape index (κ2) is 14.6. The lowest BCUT2D eigenvalue weighted by atomic mass is 10.0. The largest absolute Gasteiger partial charge is 0.433 e. The second-order valence-electron chi connectivity index (χ2n) is 14.5. The molecule has 24 heteroatoms. The molecule has 4 aromatic heterocycles. The zero-order chi connectivity index (χ0) is 44.1. The first-order chi connectivity index (χ1) is 28.5. The van der Waals surface area contributed by atoms with E-state index < -0.39 is 117 Å². The highest BCUT2D eigenvalue weighted by molar-refractivity contribution is 7.92. The third kappa shape index (κ3) is 7.68. The van der Waals surface area contributed by atoms with Crippen LogP contribution in [0.1, 0.15) is 58.8 Å². The lowest BCUT2D eigenvalue weighted by Gasteiger charge is -2.24. The maximum absolute atomic E-state index is 15.4. The van der Waals surface area contributed by atoms with Crippen LogP contribution >= 0.6 is 11.6 Å². The number of sulfonamides is 1. The maximum Gasteiger partial charge on any atom is 0.433 e. The Balaban J connectivity index is 1.34. The third-order valence-electron chi connectivity index (χ3n) is 10.2. The number of carbonyl (C=O) groups is 1. The lowest BCUT2D eigenvalue weighted by molar-refractivity contribution is -0.141. The normalized spacial score (nSPS) is 17.4. The van der Waals surface area contributed by atoms with Gasteiger partial charge in [0.2, 0.25) is 15.9 Å². The minimum absolute atomic E-state index is 0.0388. The zero-order valence-electron chi connectivity index (χ0n) is 31.1. The van der Waals surface area contributed by atoms with Crippen molar-refractivity contribution in [1.82, 2.24) is 39.4 Å². The maximum atomic E-state index is 15.4. The van der Waals surface area contributed by atoms with Gasteiger partial charge in [-0.3, -0.25) is 28.2 Å². The average molecular weight is 900 g/mol. The number of aryl methyl sites for hydroxylation is 1. The molecule has 61 heavy (non-hydrogen) atoms. The van der Waals surface area contributed by atoms with E-state index in [1.54, 1.807) is 0 Å². The predicted octanol–water partition coefficient (Wildman–Crippen LogP) is 6.95. The number of aromatic nitrogens is 7. The van der Waals surface area contributed by atoms with Crippen molar-refractivity contribution in [3.05, 3.63) is 116 Å². The summed E-state index contributed by atoms with van der Waals surface area (Å²) in [6, 6.07) is 6.53. The fourth-order valence-corrected chi connectivity index (χ4v) is 8.49. The molecule has 1 saturated carbocycles. The molecule has 1 fully saturated rings.